The predicted octanol–water partition coefficient (Wildman–Crippen LogP) is 3.68. The topological polar surface area (TPSA) is 95.0 Å². The molecule has 38 heavy (non-hydrogen) atoms. The van der Waals surface area contributed by atoms with Crippen molar-refractivity contribution in [3.63, 3.8) is 0 Å². The molecule has 4 heterocycles. The third-order valence-corrected chi connectivity index (χ3v) is 9.70. The summed E-state index contributed by atoms with van der Waals surface area (Å²) in [6, 6.07) is 7.70. The number of aryl methyl sites for hydroxylation is 1. The number of ether oxygens (including phenoxy) is 1. The van der Waals surface area contributed by atoms with Crippen LogP contribution in [0.1, 0.15) is 56.1 Å². The van der Waals surface area contributed by atoms with Gasteiger partial charge in [-0.05, 0) is 99.3 Å². The van der Waals surface area contributed by atoms with Gasteiger partial charge in [-0.25, -0.2) is 4.98 Å². The molecule has 2 aliphatic carbocycles. The predicted molar refractivity (Wildman–Crippen MR) is 144 cm³/mol. The standard InChI is InChI=1S/C29H33ClN4O4/c30-20-4-5-24-23(14-20)28(27(36)32-24)7-9-33(10-8-28)11-12-38-22-13-18-1-6-25(35)34(26(18)31-17-22)21-15-29(37,16-21)19-2-3-19/h4-5,13-14,17,19,21,37H,1-3,6-12,15-16H2,(H,32,36). The minimum atomic E-state index is -0.586. The molecule has 1 saturated heterocycles. The molecule has 3 fully saturated rings. The van der Waals surface area contributed by atoms with E-state index in [0.29, 0.717) is 49.0 Å². The van der Waals surface area contributed by atoms with Gasteiger partial charge in [-0.15, -0.1) is 0 Å². The molecule has 0 bridgehead atoms. The second-order valence-corrected chi connectivity index (χ2v) is 12.2. The van der Waals surface area contributed by atoms with Crippen molar-refractivity contribution in [1.29, 1.82) is 0 Å². The molecule has 0 unspecified atom stereocenters. The lowest BCUT2D eigenvalue weighted by molar-refractivity contribution is -0.123. The first-order chi connectivity index (χ1) is 18.3. The summed E-state index contributed by atoms with van der Waals surface area (Å²) >= 11 is 6.24. The highest BCUT2D eigenvalue weighted by Crippen LogP contribution is 2.52. The molecule has 1 spiro atoms. The Bertz CT molecular complexity index is 1300. The van der Waals surface area contributed by atoms with Crippen LogP contribution in [0.5, 0.6) is 5.75 Å². The zero-order valence-electron chi connectivity index (χ0n) is 21.4. The lowest BCUT2D eigenvalue weighted by atomic mass is 9.71. The van der Waals surface area contributed by atoms with Gasteiger partial charge in [0.1, 0.15) is 18.2 Å². The number of aromatic nitrogens is 1. The van der Waals surface area contributed by atoms with Gasteiger partial charge in [0.15, 0.2) is 0 Å². The van der Waals surface area contributed by atoms with Crippen LogP contribution < -0.4 is 15.0 Å². The fourth-order valence-electron chi connectivity index (χ4n) is 7.04. The Kier molecular flexibility index (Phi) is 5.73. The molecule has 1 aromatic carbocycles. The molecule has 1 aromatic heterocycles. The number of anilines is 2. The maximum atomic E-state index is 12.9. The normalized spacial score (nSPS) is 28.1. The molecule has 8 nitrogen and oxygen atoms in total. The number of halogens is 1. The minimum absolute atomic E-state index is 0.0405. The molecule has 2 N–H and O–H groups in total. The number of carbonyl (C=O) groups excluding carboxylic acids is 2. The highest BCUT2D eigenvalue weighted by Gasteiger charge is 2.55. The monoisotopic (exact) mass is 536 g/mol. The third-order valence-electron chi connectivity index (χ3n) is 9.47. The van der Waals surface area contributed by atoms with Gasteiger partial charge in [-0.3, -0.25) is 19.4 Å². The van der Waals surface area contributed by atoms with E-state index in [1.165, 1.54) is 0 Å². The number of rotatable bonds is 6. The van der Waals surface area contributed by atoms with Crippen LogP contribution in [-0.4, -0.2) is 64.7 Å². The number of carbonyl (C=O) groups is 2. The number of piperidine rings is 1. The Morgan fingerprint density at radius 1 is 1.13 bits per heavy atom. The Morgan fingerprint density at radius 3 is 2.68 bits per heavy atom. The largest absolute Gasteiger partial charge is 0.491 e. The van der Waals surface area contributed by atoms with Crippen molar-refractivity contribution in [3.8, 4) is 5.75 Å². The molecule has 3 aliphatic heterocycles. The lowest BCUT2D eigenvalue weighted by Crippen LogP contribution is -2.59. The van der Waals surface area contributed by atoms with Crippen molar-refractivity contribution in [2.24, 2.45) is 5.92 Å². The zero-order chi connectivity index (χ0) is 26.1. The van der Waals surface area contributed by atoms with Crippen molar-refractivity contribution in [2.45, 2.75) is 68.4 Å². The van der Waals surface area contributed by atoms with E-state index in [1.54, 1.807) is 6.20 Å². The van der Waals surface area contributed by atoms with Crippen molar-refractivity contribution in [2.75, 3.05) is 36.5 Å². The summed E-state index contributed by atoms with van der Waals surface area (Å²) < 4.78 is 6.08. The SMILES string of the molecule is O=C1CCc2cc(OCCN3CCC4(CC3)C(=O)Nc3ccc(Cl)cc34)cnc2N1C1CC(O)(C2CC2)C1. The molecular formula is C29H33ClN4O4. The number of benzene rings is 1. The second-order valence-electron chi connectivity index (χ2n) is 11.8. The molecule has 2 amide bonds. The number of fused-ring (bicyclic) bond motifs is 3. The number of hydrogen-bond donors (Lipinski definition) is 2. The van der Waals surface area contributed by atoms with Gasteiger partial charge in [-0.2, -0.15) is 0 Å². The number of aliphatic hydroxyl groups is 1. The number of amides is 2. The molecule has 2 aromatic rings. The van der Waals surface area contributed by atoms with E-state index in [2.05, 4.69) is 15.2 Å². The molecule has 2 saturated carbocycles. The van der Waals surface area contributed by atoms with Gasteiger partial charge in [-0.1, -0.05) is 11.6 Å². The highest BCUT2D eigenvalue weighted by molar-refractivity contribution is 6.31. The summed E-state index contributed by atoms with van der Waals surface area (Å²) in [5, 5.41) is 14.5. The van der Waals surface area contributed by atoms with Gasteiger partial charge in [0.2, 0.25) is 11.8 Å². The minimum Gasteiger partial charge on any atom is -0.491 e. The number of hydrogen-bond acceptors (Lipinski definition) is 6. The van der Waals surface area contributed by atoms with Gasteiger partial charge >= 0.3 is 0 Å². The molecule has 0 radical (unpaired) electrons. The number of nitrogens with one attached hydrogen (secondary N) is 1. The first-order valence-electron chi connectivity index (χ1n) is 13.8. The van der Waals surface area contributed by atoms with Crippen molar-refractivity contribution in [1.82, 2.24) is 9.88 Å². The van der Waals surface area contributed by atoms with Crippen LogP contribution in [0.4, 0.5) is 11.5 Å². The van der Waals surface area contributed by atoms with E-state index < -0.39 is 11.0 Å². The number of likely N-dealkylation sites (tertiary alicyclic amines) is 1. The summed E-state index contributed by atoms with van der Waals surface area (Å²) in [6.45, 7) is 2.93. The van der Waals surface area contributed by atoms with E-state index in [9.17, 15) is 14.7 Å². The molecule has 7 rings (SSSR count). The smallest absolute Gasteiger partial charge is 0.235 e. The average Bonchev–Trinajstić information content (AvgIpc) is 3.71. The van der Waals surface area contributed by atoms with Crippen LogP contribution in [0.15, 0.2) is 30.5 Å². The second kappa shape index (κ2) is 8.93. The Balaban J connectivity index is 0.949. The fraction of sp³-hybridized carbons (Fsp3) is 0.552. The van der Waals surface area contributed by atoms with Crippen molar-refractivity contribution < 1.29 is 19.4 Å². The maximum Gasteiger partial charge on any atom is 0.235 e. The molecule has 9 heteroatoms. The van der Waals surface area contributed by atoms with Crippen molar-refractivity contribution in [3.05, 3.63) is 46.6 Å². The highest BCUT2D eigenvalue weighted by atomic mass is 35.5. The Hall–Kier alpha value is -2.68. The van der Waals surface area contributed by atoms with E-state index >= 15 is 0 Å². The molecular weight excluding hydrogens is 504 g/mol. The van der Waals surface area contributed by atoms with Gasteiger partial charge in [0, 0.05) is 29.7 Å². The number of nitrogens with zero attached hydrogens (tertiary/aromatic N) is 3. The van der Waals surface area contributed by atoms with Crippen LogP contribution in [0.2, 0.25) is 5.02 Å². The first-order valence-corrected chi connectivity index (χ1v) is 14.2. The third kappa shape index (κ3) is 4.00. The lowest BCUT2D eigenvalue weighted by Gasteiger charge is -2.49. The molecule has 5 aliphatic rings. The quantitative estimate of drug-likeness (QED) is 0.585. The van der Waals surface area contributed by atoms with E-state index in [-0.39, 0.29) is 17.9 Å². The van der Waals surface area contributed by atoms with E-state index in [4.69, 9.17) is 16.3 Å². The van der Waals surface area contributed by atoms with Crippen LogP contribution in [0.3, 0.4) is 0 Å². The summed E-state index contributed by atoms with van der Waals surface area (Å²) in [5.74, 6) is 2.04. The van der Waals surface area contributed by atoms with Crippen LogP contribution in [-0.2, 0) is 21.4 Å². The fourth-order valence-corrected chi connectivity index (χ4v) is 7.22. The Morgan fingerprint density at radius 2 is 1.92 bits per heavy atom. The summed E-state index contributed by atoms with van der Waals surface area (Å²) in [4.78, 5) is 34.4. The molecule has 0 atom stereocenters. The zero-order valence-corrected chi connectivity index (χ0v) is 22.2. The van der Waals surface area contributed by atoms with Crippen LogP contribution >= 0.6 is 11.6 Å². The van der Waals surface area contributed by atoms with Gasteiger partial charge in [0.25, 0.3) is 0 Å². The Labute approximate surface area is 227 Å². The van der Waals surface area contributed by atoms with E-state index in [1.807, 2.05) is 29.2 Å². The summed E-state index contributed by atoms with van der Waals surface area (Å²) in [5.41, 5.74) is 1.87. The first kappa shape index (κ1) is 24.4. The number of pyridine rings is 1. The summed E-state index contributed by atoms with van der Waals surface area (Å²) in [6.07, 6.45) is 7.86. The summed E-state index contributed by atoms with van der Waals surface area (Å²) in [7, 11) is 0. The van der Waals surface area contributed by atoms with Gasteiger partial charge < -0.3 is 15.2 Å². The van der Waals surface area contributed by atoms with E-state index in [0.717, 1.165) is 67.9 Å². The van der Waals surface area contributed by atoms with Crippen LogP contribution in [0, 0.1) is 5.92 Å². The average molecular weight is 537 g/mol. The van der Waals surface area contributed by atoms with Gasteiger partial charge in [0.05, 0.1) is 17.2 Å². The van der Waals surface area contributed by atoms with Crippen molar-refractivity contribution >= 4 is 34.9 Å². The maximum absolute atomic E-state index is 12.9. The van der Waals surface area contributed by atoms with Crippen LogP contribution in [0.25, 0.3) is 0 Å². The molecule has 200 valence electrons.